The van der Waals surface area contributed by atoms with Gasteiger partial charge in [0.15, 0.2) is 0 Å². The summed E-state index contributed by atoms with van der Waals surface area (Å²) >= 11 is 0. The number of anilines is 2. The van der Waals surface area contributed by atoms with Gasteiger partial charge in [-0.05, 0) is 47.5 Å². The molecule has 0 bridgehead atoms. The van der Waals surface area contributed by atoms with Crippen molar-refractivity contribution in [3.63, 3.8) is 0 Å². The number of pyridine rings is 1. The highest BCUT2D eigenvalue weighted by Gasteiger charge is 2.15. The number of aromatic nitrogens is 1. The van der Waals surface area contributed by atoms with Gasteiger partial charge < -0.3 is 21.3 Å². The normalized spacial score (nSPS) is 10.7. The molecule has 4 aromatic rings. The van der Waals surface area contributed by atoms with E-state index in [1.165, 1.54) is 18.3 Å². The molecule has 0 unspecified atom stereocenters. The van der Waals surface area contributed by atoms with Crippen molar-refractivity contribution in [1.29, 1.82) is 0 Å². The minimum Gasteiger partial charge on any atom is -0.508 e. The number of rotatable bonds is 5. The predicted octanol–water partition coefficient (Wildman–Crippen LogP) is 4.15. The zero-order valence-electron chi connectivity index (χ0n) is 15.7. The molecule has 0 saturated carbocycles. The number of hydrogen-bond donors (Lipinski definition) is 4. The van der Waals surface area contributed by atoms with Crippen molar-refractivity contribution in [2.45, 2.75) is 0 Å². The molecule has 30 heavy (non-hydrogen) atoms. The lowest BCUT2D eigenvalue weighted by atomic mass is 10.0. The topological polar surface area (TPSA) is 126 Å². The van der Waals surface area contributed by atoms with Gasteiger partial charge in [0.2, 0.25) is 0 Å². The van der Waals surface area contributed by atoms with Crippen molar-refractivity contribution in [2.75, 3.05) is 5.32 Å². The van der Waals surface area contributed by atoms with E-state index in [4.69, 9.17) is 5.73 Å². The lowest BCUT2D eigenvalue weighted by Gasteiger charge is -2.14. The van der Waals surface area contributed by atoms with Crippen LogP contribution in [0.5, 0.6) is 5.75 Å². The number of carbonyl (C=O) groups excluding carboxylic acids is 1. The Bertz CT molecular complexity index is 1300. The summed E-state index contributed by atoms with van der Waals surface area (Å²) in [5.74, 6) is -1.55. The number of nitrogens with one attached hydrogen (secondary N) is 1. The number of carboxylic acids is 1. The molecule has 1 heterocycles. The van der Waals surface area contributed by atoms with Crippen molar-refractivity contribution in [3.05, 3.63) is 84.1 Å². The van der Waals surface area contributed by atoms with Gasteiger partial charge in [-0.2, -0.15) is 0 Å². The van der Waals surface area contributed by atoms with E-state index in [1.54, 1.807) is 36.4 Å². The maximum Gasteiger partial charge on any atom is 0.335 e. The summed E-state index contributed by atoms with van der Waals surface area (Å²) in [4.78, 5) is 27.6. The number of carbonyl (C=O) groups is 2. The van der Waals surface area contributed by atoms with Crippen LogP contribution in [0.3, 0.4) is 0 Å². The van der Waals surface area contributed by atoms with Gasteiger partial charge in [0.25, 0.3) is 5.91 Å². The molecule has 4 rings (SSSR count). The van der Waals surface area contributed by atoms with Crippen LogP contribution < -0.4 is 11.1 Å². The number of hydrogen-bond acceptors (Lipinski definition) is 5. The zero-order chi connectivity index (χ0) is 21.3. The van der Waals surface area contributed by atoms with Crippen molar-refractivity contribution < 1.29 is 19.8 Å². The number of aromatic carboxylic acids is 1. The molecule has 7 heteroatoms. The fourth-order valence-corrected chi connectivity index (χ4v) is 3.25. The summed E-state index contributed by atoms with van der Waals surface area (Å²) in [7, 11) is 0. The summed E-state index contributed by atoms with van der Waals surface area (Å²) in [5, 5.41) is 22.7. The Balaban J connectivity index is 1.84. The Morgan fingerprint density at radius 1 is 0.933 bits per heavy atom. The molecular formula is C23H17N3O4. The second kappa shape index (κ2) is 7.56. The van der Waals surface area contributed by atoms with Crippen LogP contribution in [0.25, 0.3) is 22.0 Å². The highest BCUT2D eigenvalue weighted by Crippen LogP contribution is 2.32. The number of benzene rings is 3. The smallest absolute Gasteiger partial charge is 0.335 e. The molecule has 148 valence electrons. The number of nitrogens with two attached hydrogens (primary N) is 1. The van der Waals surface area contributed by atoms with Crippen LogP contribution in [0.4, 0.5) is 11.4 Å². The van der Waals surface area contributed by atoms with Crippen LogP contribution in [0.2, 0.25) is 0 Å². The van der Waals surface area contributed by atoms with Crippen molar-refractivity contribution in [2.24, 2.45) is 5.73 Å². The van der Waals surface area contributed by atoms with E-state index in [9.17, 15) is 19.8 Å². The molecule has 3 aromatic carbocycles. The Kier molecular flexibility index (Phi) is 4.77. The molecule has 0 aliphatic carbocycles. The van der Waals surface area contributed by atoms with Crippen LogP contribution >= 0.6 is 0 Å². The lowest BCUT2D eigenvalue weighted by Crippen LogP contribution is -2.14. The number of phenols is 1. The maximum absolute atomic E-state index is 12.0. The van der Waals surface area contributed by atoms with E-state index >= 15 is 0 Å². The van der Waals surface area contributed by atoms with Crippen LogP contribution in [0.15, 0.2) is 72.9 Å². The van der Waals surface area contributed by atoms with E-state index in [-0.39, 0.29) is 16.9 Å². The molecule has 0 aliphatic rings. The molecule has 0 radical (unpaired) electrons. The summed E-state index contributed by atoms with van der Waals surface area (Å²) in [5.41, 5.74) is 9.06. The van der Waals surface area contributed by atoms with Crippen LogP contribution in [-0.2, 0) is 0 Å². The van der Waals surface area contributed by atoms with Crippen molar-refractivity contribution in [1.82, 2.24) is 4.98 Å². The molecule has 1 amide bonds. The monoisotopic (exact) mass is 399 g/mol. The second-order valence-corrected chi connectivity index (χ2v) is 6.70. The standard InChI is InChI=1S/C23H17N3O4/c24-22(28)19-12-25-20-11-14(13-3-2-6-17(27)10-13)7-8-18(20)21(19)26-16-5-1-4-15(9-16)23(29)30/h1-12,27H,(H2,24,28)(H,25,26)(H,29,30). The van der Waals surface area contributed by atoms with Gasteiger partial charge in [-0.15, -0.1) is 0 Å². The number of phenolic OH excluding ortho intramolecular Hbond substituents is 1. The number of carboxylic acid groups (broad SMARTS) is 1. The van der Waals surface area contributed by atoms with Gasteiger partial charge in [-0.1, -0.05) is 30.3 Å². The molecule has 0 fully saturated rings. The Morgan fingerprint density at radius 2 is 1.70 bits per heavy atom. The zero-order valence-corrected chi connectivity index (χ0v) is 15.7. The number of aromatic hydroxyl groups is 1. The van der Waals surface area contributed by atoms with E-state index in [0.717, 1.165) is 11.1 Å². The Hall–Kier alpha value is -4.39. The van der Waals surface area contributed by atoms with Gasteiger partial charge in [0, 0.05) is 17.3 Å². The van der Waals surface area contributed by atoms with Gasteiger partial charge in [0.1, 0.15) is 5.75 Å². The van der Waals surface area contributed by atoms with Crippen LogP contribution in [0.1, 0.15) is 20.7 Å². The predicted molar refractivity (Wildman–Crippen MR) is 114 cm³/mol. The number of nitrogens with zero attached hydrogens (tertiary/aromatic N) is 1. The van der Waals surface area contributed by atoms with Gasteiger partial charge in [0.05, 0.1) is 22.3 Å². The van der Waals surface area contributed by atoms with Crippen LogP contribution in [-0.4, -0.2) is 27.1 Å². The summed E-state index contributed by atoms with van der Waals surface area (Å²) in [6.45, 7) is 0. The summed E-state index contributed by atoms with van der Waals surface area (Å²) in [6.07, 6.45) is 1.39. The van der Waals surface area contributed by atoms with E-state index in [1.807, 2.05) is 18.2 Å². The first-order valence-corrected chi connectivity index (χ1v) is 9.05. The molecule has 0 spiro atoms. The first-order chi connectivity index (χ1) is 14.4. The molecule has 0 atom stereocenters. The molecule has 0 saturated heterocycles. The molecule has 1 aromatic heterocycles. The fourth-order valence-electron chi connectivity index (χ4n) is 3.25. The first-order valence-electron chi connectivity index (χ1n) is 9.05. The SMILES string of the molecule is NC(=O)c1cnc2cc(-c3cccc(O)c3)ccc2c1Nc1cccc(C(=O)O)c1. The number of primary amides is 1. The molecular weight excluding hydrogens is 382 g/mol. The van der Waals surface area contributed by atoms with Crippen molar-refractivity contribution >= 4 is 34.2 Å². The highest BCUT2D eigenvalue weighted by molar-refractivity contribution is 6.08. The molecule has 5 N–H and O–H groups in total. The van der Waals surface area contributed by atoms with E-state index in [0.29, 0.717) is 22.3 Å². The minimum absolute atomic E-state index is 0.116. The summed E-state index contributed by atoms with van der Waals surface area (Å²) < 4.78 is 0. The molecule has 7 nitrogen and oxygen atoms in total. The Morgan fingerprint density at radius 3 is 2.43 bits per heavy atom. The average molecular weight is 399 g/mol. The third-order valence-electron chi connectivity index (χ3n) is 4.69. The largest absolute Gasteiger partial charge is 0.508 e. The first kappa shape index (κ1) is 18.9. The third kappa shape index (κ3) is 3.64. The van der Waals surface area contributed by atoms with Gasteiger partial charge in [-0.3, -0.25) is 9.78 Å². The second-order valence-electron chi connectivity index (χ2n) is 6.70. The highest BCUT2D eigenvalue weighted by atomic mass is 16.4. The van der Waals surface area contributed by atoms with Gasteiger partial charge >= 0.3 is 5.97 Å². The maximum atomic E-state index is 12.0. The van der Waals surface area contributed by atoms with E-state index < -0.39 is 11.9 Å². The van der Waals surface area contributed by atoms with Crippen LogP contribution in [0, 0.1) is 0 Å². The quantitative estimate of drug-likeness (QED) is 0.399. The van der Waals surface area contributed by atoms with E-state index in [2.05, 4.69) is 10.3 Å². The average Bonchev–Trinajstić information content (AvgIpc) is 2.73. The number of amides is 1. The Labute approximate surface area is 171 Å². The number of fused-ring (bicyclic) bond motifs is 1. The van der Waals surface area contributed by atoms with Crippen molar-refractivity contribution in [3.8, 4) is 16.9 Å². The summed E-state index contributed by atoms with van der Waals surface area (Å²) in [6, 6.07) is 18.6. The molecule has 0 aliphatic heterocycles. The third-order valence-corrected chi connectivity index (χ3v) is 4.69. The lowest BCUT2D eigenvalue weighted by molar-refractivity contribution is 0.0696. The van der Waals surface area contributed by atoms with Gasteiger partial charge in [-0.25, -0.2) is 4.79 Å². The minimum atomic E-state index is -1.05. The fraction of sp³-hybridized carbons (Fsp3) is 0.